The summed E-state index contributed by atoms with van der Waals surface area (Å²) in [4.78, 5) is 99.7. The highest BCUT2D eigenvalue weighted by atomic mass is 19.4. The molecule has 0 spiro atoms. The van der Waals surface area contributed by atoms with Crippen LogP contribution in [0.25, 0.3) is 0 Å². The maximum absolute atomic E-state index is 13.6. The fraction of sp³-hybridized carbons (Fsp3) is 0.525. The highest BCUT2D eigenvalue weighted by molar-refractivity contribution is 6.00. The first-order valence-corrected chi connectivity index (χ1v) is 28.4. The smallest absolute Gasteiger partial charge is 0.458 e. The summed E-state index contributed by atoms with van der Waals surface area (Å²) < 4.78 is 102. The molecule has 28 heteroatoms. The summed E-state index contributed by atoms with van der Waals surface area (Å²) >= 11 is 0. The number of ether oxygens (including phenoxy) is 4. The Balaban J connectivity index is 0.000000318. The highest BCUT2D eigenvalue weighted by Crippen LogP contribution is 2.32. The number of carbonyl (C=O) groups excluding carboxylic acids is 6. The summed E-state index contributed by atoms with van der Waals surface area (Å²) in [5.41, 5.74) is -1.22. The first kappa shape index (κ1) is 69.1. The zero-order valence-electron chi connectivity index (χ0n) is 50.5. The summed E-state index contributed by atoms with van der Waals surface area (Å²) in [6.07, 6.45) is -0.0883. The third kappa shape index (κ3) is 21.1. The van der Waals surface area contributed by atoms with E-state index in [-0.39, 0.29) is 47.7 Å². The molecule has 87 heavy (non-hydrogen) atoms. The van der Waals surface area contributed by atoms with E-state index in [1.807, 2.05) is 27.7 Å². The fourth-order valence-corrected chi connectivity index (χ4v) is 8.72. The predicted molar refractivity (Wildman–Crippen MR) is 314 cm³/mol. The molecule has 0 aliphatic carbocycles. The summed E-state index contributed by atoms with van der Waals surface area (Å²) in [6, 6.07) is 10.7. The summed E-state index contributed by atoms with van der Waals surface area (Å²) in [6.45, 7) is 21.3. The molecule has 0 bridgehead atoms. The van der Waals surface area contributed by atoms with Crippen molar-refractivity contribution in [2.24, 2.45) is 0 Å². The van der Waals surface area contributed by atoms with Gasteiger partial charge in [-0.1, -0.05) is 30.2 Å². The maximum atomic E-state index is 13.6. The number of nitrogens with zero attached hydrogens (tertiary/aromatic N) is 9. The molecule has 2 aromatic carbocycles. The van der Waals surface area contributed by atoms with Gasteiger partial charge in [0.1, 0.15) is 46.2 Å². The number of anilines is 6. The quantitative estimate of drug-likeness (QED) is 0.0399. The van der Waals surface area contributed by atoms with Crippen molar-refractivity contribution in [3.05, 3.63) is 72.1 Å². The van der Waals surface area contributed by atoms with Crippen molar-refractivity contribution in [1.29, 1.82) is 0 Å². The number of esters is 2. The highest BCUT2D eigenvalue weighted by Gasteiger charge is 2.44. The minimum absolute atomic E-state index is 0.00165. The van der Waals surface area contributed by atoms with E-state index in [9.17, 15) is 55.1 Å². The number of nitrogens with one attached hydrogen (secondary N) is 3. The molecule has 0 saturated carbocycles. The predicted octanol–water partition coefficient (Wildman–Crippen LogP) is 9.59. The molecule has 474 valence electrons. The maximum Gasteiger partial charge on any atom is 0.471 e. The monoisotopic (exact) mass is 1230 g/mol. The molecule has 4 heterocycles. The van der Waals surface area contributed by atoms with Crippen LogP contribution in [0.3, 0.4) is 0 Å². The van der Waals surface area contributed by atoms with Gasteiger partial charge in [-0.2, -0.15) is 36.3 Å². The summed E-state index contributed by atoms with van der Waals surface area (Å²) in [5.74, 6) is -3.16. The number of hydrogen-bond donors (Lipinski definition) is 3. The van der Waals surface area contributed by atoms with Gasteiger partial charge in [-0.05, 0) is 130 Å². The van der Waals surface area contributed by atoms with Gasteiger partial charge in [-0.15, -0.1) is 6.42 Å². The van der Waals surface area contributed by atoms with E-state index in [2.05, 4.69) is 36.5 Å². The van der Waals surface area contributed by atoms with Gasteiger partial charge in [-0.25, -0.2) is 29.1 Å². The number of rotatable bonds is 21. The van der Waals surface area contributed by atoms with E-state index >= 15 is 0 Å². The summed E-state index contributed by atoms with van der Waals surface area (Å²) in [5, 5.41) is 7.58. The first-order chi connectivity index (χ1) is 40.9. The number of benzene rings is 2. The van der Waals surface area contributed by atoms with Crippen molar-refractivity contribution < 1.29 is 74.1 Å². The van der Waals surface area contributed by atoms with Crippen molar-refractivity contribution in [2.45, 2.75) is 143 Å². The third-order valence-corrected chi connectivity index (χ3v) is 13.0. The number of aromatic nitrogens is 4. The zero-order chi connectivity index (χ0) is 64.4. The molecule has 0 radical (unpaired) electrons. The minimum atomic E-state index is -5.24. The Kier molecular flexibility index (Phi) is 24.3. The average Bonchev–Trinajstić information content (AvgIpc) is 3.16. The van der Waals surface area contributed by atoms with Crippen LogP contribution in [0.5, 0.6) is 11.5 Å². The Bertz CT molecular complexity index is 3020. The molecular formula is C59H76F6N12O10. The van der Waals surface area contributed by atoms with Gasteiger partial charge in [0.25, 0.3) is 0 Å². The Labute approximate surface area is 502 Å². The molecular weight excluding hydrogens is 1150 g/mol. The van der Waals surface area contributed by atoms with Crippen LogP contribution in [-0.4, -0.2) is 160 Å². The van der Waals surface area contributed by atoms with E-state index in [1.165, 1.54) is 0 Å². The van der Waals surface area contributed by atoms with Crippen LogP contribution < -0.4 is 40.1 Å². The number of alkyl halides is 6. The molecule has 2 aliphatic heterocycles. The second-order valence-electron chi connectivity index (χ2n) is 22.0. The SMILES string of the molecule is C#CCN(C(=O)C(F)(F)F)c1cnc(N(CC)CC)nc1N[C@@H](Cc1ccc(OC(=O)N2CCCC2)cc1)C(=O)OC(C)(C)C.CCN(CC)c1ncc(NC(=O)C(F)(F)F)c(N[C@@H](Cc2ccc(OC(=O)N3CCCC3)cc2)C(=O)OC(C)(C)C)n1. The Morgan fingerprint density at radius 2 is 0.989 bits per heavy atom. The van der Waals surface area contributed by atoms with Crippen LogP contribution in [0.1, 0.15) is 106 Å². The van der Waals surface area contributed by atoms with Gasteiger partial charge < -0.3 is 54.5 Å². The third-order valence-electron chi connectivity index (χ3n) is 13.0. The van der Waals surface area contributed by atoms with E-state index in [0.29, 0.717) is 79.9 Å². The number of terminal acetylenes is 1. The van der Waals surface area contributed by atoms with Crippen molar-refractivity contribution in [3.8, 4) is 23.8 Å². The van der Waals surface area contributed by atoms with Crippen LogP contribution in [0.4, 0.5) is 70.8 Å². The lowest BCUT2D eigenvalue weighted by Crippen LogP contribution is -2.43. The van der Waals surface area contributed by atoms with E-state index in [4.69, 9.17) is 25.4 Å². The van der Waals surface area contributed by atoms with Gasteiger partial charge in [0.2, 0.25) is 11.9 Å². The largest absolute Gasteiger partial charge is 0.471 e. The van der Waals surface area contributed by atoms with Crippen molar-refractivity contribution >= 4 is 70.8 Å². The van der Waals surface area contributed by atoms with Crippen molar-refractivity contribution in [2.75, 3.05) is 89.6 Å². The molecule has 6 rings (SSSR count). The molecule has 4 aromatic rings. The van der Waals surface area contributed by atoms with Crippen LogP contribution in [0.15, 0.2) is 60.9 Å². The number of amides is 4. The number of hydrogen-bond acceptors (Lipinski definition) is 18. The lowest BCUT2D eigenvalue weighted by molar-refractivity contribution is -0.170. The lowest BCUT2D eigenvalue weighted by Gasteiger charge is -2.28. The van der Waals surface area contributed by atoms with E-state index in [0.717, 1.165) is 38.1 Å². The van der Waals surface area contributed by atoms with E-state index < -0.39 is 78.1 Å². The average molecular weight is 1230 g/mol. The standard InChI is InChI=1S/C31H39F3N6O5.C28H37F3N6O5/c1-7-16-40(27(42)31(32,33)34)24-20-35-28(38(8-2)9-3)37-25(24)36-23(26(41)45-30(4,5)6)19-21-12-14-22(15-13-21)44-29(43)39-17-10-11-18-39;1-6-36(7-2)25-32-17-21(34-24(39)28(29,30)31)22(35-25)33-20(23(38)42-27(3,4)5)16-18-10-12-19(13-11-18)41-26(40)37-14-8-9-15-37/h1,12-15,20,23H,8-11,16-19H2,2-6H3,(H,35,36,37);10-13,17,20H,6-9,14-16H2,1-5H3,(H,34,39)(H,32,33,35)/t23-;20-/m00/s1. The topological polar surface area (TPSA) is 243 Å². The molecule has 3 N–H and O–H groups in total. The van der Waals surface area contributed by atoms with Gasteiger partial charge in [0.15, 0.2) is 11.6 Å². The molecule has 22 nitrogen and oxygen atoms in total. The zero-order valence-corrected chi connectivity index (χ0v) is 50.5. The van der Waals surface area contributed by atoms with Crippen LogP contribution in [-0.2, 0) is 41.5 Å². The molecule has 2 aromatic heterocycles. The Morgan fingerprint density at radius 1 is 0.598 bits per heavy atom. The van der Waals surface area contributed by atoms with Crippen molar-refractivity contribution in [1.82, 2.24) is 29.7 Å². The molecule has 2 aliphatic rings. The lowest BCUT2D eigenvalue weighted by atomic mass is 10.0. The summed E-state index contributed by atoms with van der Waals surface area (Å²) in [7, 11) is 0. The van der Waals surface area contributed by atoms with Crippen LogP contribution in [0.2, 0.25) is 0 Å². The van der Waals surface area contributed by atoms with Crippen LogP contribution >= 0.6 is 0 Å². The Hall–Kier alpha value is -8.64. The number of halogens is 6. The Morgan fingerprint density at radius 3 is 1.36 bits per heavy atom. The second-order valence-corrected chi connectivity index (χ2v) is 22.0. The number of carbonyl (C=O) groups is 6. The van der Waals surface area contributed by atoms with Gasteiger partial charge in [-0.3, -0.25) is 14.5 Å². The first-order valence-electron chi connectivity index (χ1n) is 28.4. The normalized spacial score (nSPS) is 14.1. The van der Waals surface area contributed by atoms with Gasteiger partial charge in [0.05, 0.1) is 18.9 Å². The minimum Gasteiger partial charge on any atom is -0.458 e. The van der Waals surface area contributed by atoms with Crippen molar-refractivity contribution in [3.63, 3.8) is 0 Å². The fourth-order valence-electron chi connectivity index (χ4n) is 8.72. The van der Waals surface area contributed by atoms with Gasteiger partial charge in [0, 0.05) is 65.2 Å². The number of likely N-dealkylation sites (tertiary alicyclic amines) is 2. The van der Waals surface area contributed by atoms with Gasteiger partial charge >= 0.3 is 48.3 Å². The molecule has 4 amide bonds. The molecule has 0 unspecified atom stereocenters. The molecule has 2 atom stereocenters. The second kappa shape index (κ2) is 30.6. The molecule has 2 saturated heterocycles. The van der Waals surface area contributed by atoms with E-state index in [1.54, 1.807) is 115 Å². The van der Waals surface area contributed by atoms with Crippen LogP contribution in [0, 0.1) is 12.3 Å². The molecule has 2 fully saturated rings.